The highest BCUT2D eigenvalue weighted by Crippen LogP contribution is 2.29. The summed E-state index contributed by atoms with van der Waals surface area (Å²) < 4.78 is 10.8. The van der Waals surface area contributed by atoms with Crippen molar-refractivity contribution >= 4 is 59.3 Å². The monoisotopic (exact) mass is 933 g/mol. The highest BCUT2D eigenvalue weighted by molar-refractivity contribution is 5.94. The molecule has 0 unspecified atom stereocenters. The van der Waals surface area contributed by atoms with E-state index in [0.29, 0.717) is 63.6 Å². The molecule has 1 fully saturated rings. The van der Waals surface area contributed by atoms with Crippen LogP contribution >= 0.6 is 0 Å². The number of carboxylic acid groups (broad SMARTS) is 3. The molecule has 1 aromatic rings. The van der Waals surface area contributed by atoms with Crippen LogP contribution in [0.5, 0.6) is 0 Å². The molecule has 22 nitrogen and oxygen atoms in total. The predicted octanol–water partition coefficient (Wildman–Crippen LogP) is 0.281. The quantitative estimate of drug-likeness (QED) is 0.0415. The van der Waals surface area contributed by atoms with E-state index < -0.39 is 77.9 Å². The largest absolute Gasteiger partial charge is 0.481 e. The van der Waals surface area contributed by atoms with E-state index in [-0.39, 0.29) is 95.7 Å². The second-order valence-electron chi connectivity index (χ2n) is 16.2. The van der Waals surface area contributed by atoms with Crippen LogP contribution in [-0.2, 0) is 52.6 Å². The summed E-state index contributed by atoms with van der Waals surface area (Å²) in [5.74, 6) is -7.35. The van der Waals surface area contributed by atoms with E-state index in [1.807, 2.05) is 19.1 Å². The Labute approximate surface area is 383 Å². The molecule has 0 saturated heterocycles. The maximum Gasteiger partial charge on any atom is 0.326 e. The maximum absolute atomic E-state index is 12.9. The van der Waals surface area contributed by atoms with Crippen LogP contribution in [0.2, 0.25) is 0 Å². The first-order chi connectivity index (χ1) is 31.4. The number of ether oxygens (including phenoxy) is 2. The van der Waals surface area contributed by atoms with Crippen molar-refractivity contribution in [1.82, 2.24) is 31.9 Å². The minimum Gasteiger partial charge on any atom is -0.481 e. The van der Waals surface area contributed by atoms with E-state index >= 15 is 0 Å². The van der Waals surface area contributed by atoms with E-state index in [9.17, 15) is 53.1 Å². The molecule has 0 aromatic heterocycles. The third kappa shape index (κ3) is 24.8. The van der Waals surface area contributed by atoms with Gasteiger partial charge in [0.15, 0.2) is 0 Å². The number of primary amides is 1. The van der Waals surface area contributed by atoms with Crippen molar-refractivity contribution in [3.05, 3.63) is 35.4 Å². The first kappa shape index (κ1) is 56.0. The molecule has 7 amide bonds. The number of nitrogens with one attached hydrogen (secondary N) is 6. The van der Waals surface area contributed by atoms with Crippen molar-refractivity contribution in [2.75, 3.05) is 46.1 Å². The average Bonchev–Trinajstić information content (AvgIpc) is 3.27. The molecule has 0 heterocycles. The summed E-state index contributed by atoms with van der Waals surface area (Å²) in [7, 11) is 0. The molecule has 1 saturated carbocycles. The van der Waals surface area contributed by atoms with Gasteiger partial charge in [-0.05, 0) is 89.2 Å². The van der Waals surface area contributed by atoms with Crippen molar-refractivity contribution < 1.29 is 72.7 Å². The minimum atomic E-state index is -1.40. The molecule has 1 aromatic carbocycles. The number of carbonyl (C=O) groups excluding carboxylic acids is 7. The van der Waals surface area contributed by atoms with Gasteiger partial charge in [0, 0.05) is 63.2 Å². The smallest absolute Gasteiger partial charge is 0.326 e. The van der Waals surface area contributed by atoms with Crippen LogP contribution in [0.15, 0.2) is 24.3 Å². The highest BCUT2D eigenvalue weighted by Gasteiger charge is 2.30. The average molecular weight is 934 g/mol. The summed E-state index contributed by atoms with van der Waals surface area (Å²) in [6.45, 7) is 2.96. The normalized spacial score (nSPS) is 15.8. The van der Waals surface area contributed by atoms with Crippen LogP contribution < -0.4 is 37.6 Å². The second kappa shape index (κ2) is 31.7. The van der Waals surface area contributed by atoms with E-state index in [1.54, 1.807) is 12.1 Å². The van der Waals surface area contributed by atoms with Crippen LogP contribution in [0, 0.1) is 18.8 Å². The summed E-state index contributed by atoms with van der Waals surface area (Å²) in [5, 5.41) is 43.3. The number of nitrogens with two attached hydrogens (primary N) is 1. The van der Waals surface area contributed by atoms with Crippen LogP contribution in [0.25, 0.3) is 0 Å². The lowest BCUT2D eigenvalue weighted by molar-refractivity contribution is -0.143. The van der Waals surface area contributed by atoms with Crippen molar-refractivity contribution in [1.29, 1.82) is 0 Å². The Balaban J connectivity index is 1.63. The number of amides is 7. The molecule has 22 heteroatoms. The van der Waals surface area contributed by atoms with Crippen molar-refractivity contribution in [2.45, 2.75) is 121 Å². The fraction of sp³-hybridized carbons (Fsp3) is 0.636. The standard InChI is InChI=1S/C44H67N7O15/c1-28-8-12-30(13-9-28)41(60)46-21-3-2-5-32(40(45)59)49-37(54)20-23-65-25-26-66-24-22-47-43(62)33(17-19-39(57)58)50-36(53)18-16-34(44(63)64)51-42(61)31-14-10-29(11-15-31)27-48-35(52)6-4-7-38(55)56/h8-9,12-13,29,31-34H,2-7,10-11,14-27H2,1H3,(H2,45,59)(H,46,60)(H,47,62)(H,48,52)(H,49,54)(H,50,53)(H,51,61)(H,55,56)(H,57,58)(H,63,64)/t29?,31?,32-,33-,34-/m0/s1. The van der Waals surface area contributed by atoms with Crippen molar-refractivity contribution in [3.8, 4) is 0 Å². The van der Waals surface area contributed by atoms with Gasteiger partial charge in [-0.25, -0.2) is 4.79 Å². The summed E-state index contributed by atoms with van der Waals surface area (Å²) in [6, 6.07) is 3.63. The van der Waals surface area contributed by atoms with Crippen LogP contribution in [0.1, 0.15) is 112 Å². The molecule has 66 heavy (non-hydrogen) atoms. The number of aliphatic carboxylic acids is 3. The van der Waals surface area contributed by atoms with E-state index in [2.05, 4.69) is 31.9 Å². The molecule has 1 aliphatic rings. The zero-order valence-electron chi connectivity index (χ0n) is 37.6. The Morgan fingerprint density at radius 2 is 1.23 bits per heavy atom. The lowest BCUT2D eigenvalue weighted by Gasteiger charge is -2.28. The molecule has 1 aliphatic carbocycles. The Morgan fingerprint density at radius 3 is 1.86 bits per heavy atom. The van der Waals surface area contributed by atoms with Gasteiger partial charge < -0.3 is 62.4 Å². The van der Waals surface area contributed by atoms with Gasteiger partial charge in [-0.15, -0.1) is 0 Å². The fourth-order valence-electron chi connectivity index (χ4n) is 6.89. The number of hydrogen-bond acceptors (Lipinski definition) is 12. The lowest BCUT2D eigenvalue weighted by atomic mass is 9.81. The van der Waals surface area contributed by atoms with Gasteiger partial charge in [-0.1, -0.05) is 17.7 Å². The van der Waals surface area contributed by atoms with Gasteiger partial charge >= 0.3 is 17.9 Å². The Morgan fingerprint density at radius 1 is 0.606 bits per heavy atom. The van der Waals surface area contributed by atoms with Gasteiger partial charge in [0.25, 0.3) is 5.91 Å². The summed E-state index contributed by atoms with van der Waals surface area (Å²) >= 11 is 0. The van der Waals surface area contributed by atoms with Gasteiger partial charge in [0.05, 0.1) is 26.4 Å². The van der Waals surface area contributed by atoms with Crippen molar-refractivity contribution in [2.24, 2.45) is 17.6 Å². The maximum atomic E-state index is 12.9. The van der Waals surface area contributed by atoms with Crippen molar-refractivity contribution in [3.63, 3.8) is 0 Å². The summed E-state index contributed by atoms with van der Waals surface area (Å²) in [4.78, 5) is 121. The molecule has 11 N–H and O–H groups in total. The summed E-state index contributed by atoms with van der Waals surface area (Å²) in [6.07, 6.45) is 2.36. The molecule has 0 aliphatic heterocycles. The molecule has 3 atom stereocenters. The molecule has 2 rings (SSSR count). The van der Waals surface area contributed by atoms with Crippen LogP contribution in [0.4, 0.5) is 0 Å². The molecule has 0 spiro atoms. The number of rotatable bonds is 34. The Kier molecular flexibility index (Phi) is 26.9. The number of unbranched alkanes of at least 4 members (excludes halogenated alkanes) is 1. The third-order valence-electron chi connectivity index (χ3n) is 10.8. The molecular weight excluding hydrogens is 867 g/mol. The zero-order chi connectivity index (χ0) is 48.9. The lowest BCUT2D eigenvalue weighted by Crippen LogP contribution is -2.48. The number of carbonyl (C=O) groups is 10. The fourth-order valence-corrected chi connectivity index (χ4v) is 6.89. The summed E-state index contributed by atoms with van der Waals surface area (Å²) in [5.41, 5.74) is 7.05. The van der Waals surface area contributed by atoms with Crippen LogP contribution in [-0.4, -0.2) is 139 Å². The van der Waals surface area contributed by atoms with Gasteiger partial charge in [-0.3, -0.25) is 43.2 Å². The zero-order valence-corrected chi connectivity index (χ0v) is 37.6. The molecule has 0 bridgehead atoms. The van der Waals surface area contributed by atoms with Crippen LogP contribution in [0.3, 0.4) is 0 Å². The van der Waals surface area contributed by atoms with E-state index in [0.717, 1.165) is 5.56 Å². The molecule has 0 radical (unpaired) electrons. The molecule has 368 valence electrons. The number of aryl methyl sites for hydroxylation is 1. The number of hydrogen-bond donors (Lipinski definition) is 10. The predicted molar refractivity (Wildman–Crippen MR) is 235 cm³/mol. The Bertz CT molecular complexity index is 1770. The second-order valence-corrected chi connectivity index (χ2v) is 16.2. The first-order valence-electron chi connectivity index (χ1n) is 22.3. The topological polar surface area (TPSA) is 348 Å². The number of carboxylic acids is 3. The van der Waals surface area contributed by atoms with Gasteiger partial charge in [-0.2, -0.15) is 0 Å². The SMILES string of the molecule is Cc1ccc(C(=O)NCCCC[C@H](NC(=O)CCOCCOCCNC(=O)[C@H](CCC(=O)O)NC(=O)CC[C@H](NC(=O)C2CCC(CNC(=O)CCCC(=O)O)CC2)C(=O)O)C(N)=O)cc1. The van der Waals surface area contributed by atoms with Gasteiger partial charge in [0.2, 0.25) is 35.4 Å². The van der Waals surface area contributed by atoms with E-state index in [1.165, 1.54) is 0 Å². The first-order valence-corrected chi connectivity index (χ1v) is 22.3. The third-order valence-corrected chi connectivity index (χ3v) is 10.8. The number of benzene rings is 1. The van der Waals surface area contributed by atoms with Gasteiger partial charge in [0.1, 0.15) is 18.1 Å². The minimum absolute atomic E-state index is 0.00737. The molecular formula is C44H67N7O15. The van der Waals surface area contributed by atoms with E-state index in [4.69, 9.17) is 25.4 Å². The highest BCUT2D eigenvalue weighted by atomic mass is 16.5. The Hall–Kier alpha value is -6.16.